The summed E-state index contributed by atoms with van der Waals surface area (Å²) >= 11 is 13.8. The van der Waals surface area contributed by atoms with Crippen molar-refractivity contribution in [1.29, 1.82) is 0 Å². The van der Waals surface area contributed by atoms with E-state index >= 15 is 0 Å². The van der Waals surface area contributed by atoms with Gasteiger partial charge in [-0.15, -0.1) is 11.3 Å². The van der Waals surface area contributed by atoms with Gasteiger partial charge in [0.1, 0.15) is 5.00 Å². The Labute approximate surface area is 183 Å². The lowest BCUT2D eigenvalue weighted by atomic mass is 10.0. The van der Waals surface area contributed by atoms with Gasteiger partial charge in [-0.05, 0) is 49.4 Å². The first-order valence-corrected chi connectivity index (χ1v) is 10.8. The predicted molar refractivity (Wildman–Crippen MR) is 122 cm³/mol. The molecule has 0 atom stereocenters. The van der Waals surface area contributed by atoms with Gasteiger partial charge >= 0.3 is 0 Å². The molecule has 0 saturated carbocycles. The highest BCUT2D eigenvalue weighted by molar-refractivity contribution is 7.16. The number of halogens is 2. The van der Waals surface area contributed by atoms with Gasteiger partial charge in [-0.25, -0.2) is 4.99 Å². The maximum Gasteiger partial charge on any atom is 0.259 e. The Balaban J connectivity index is 1.70. The van der Waals surface area contributed by atoms with E-state index in [1.807, 2.05) is 24.3 Å². The van der Waals surface area contributed by atoms with Crippen molar-refractivity contribution in [1.82, 2.24) is 4.90 Å². The number of hydrogen-bond acceptors (Lipinski definition) is 4. The summed E-state index contributed by atoms with van der Waals surface area (Å²) in [5.74, 6) is -0.152. The summed E-state index contributed by atoms with van der Waals surface area (Å²) in [6, 6.07) is 14.6. The predicted octanol–water partition coefficient (Wildman–Crippen LogP) is 6.05. The molecule has 29 heavy (non-hydrogen) atoms. The Morgan fingerprint density at radius 2 is 1.93 bits per heavy atom. The van der Waals surface area contributed by atoms with Crippen LogP contribution in [0.3, 0.4) is 0 Å². The molecule has 0 aliphatic carbocycles. The smallest absolute Gasteiger partial charge is 0.259 e. The lowest BCUT2D eigenvalue weighted by Gasteiger charge is -2.22. The number of rotatable bonds is 4. The van der Waals surface area contributed by atoms with Gasteiger partial charge in [0.2, 0.25) is 0 Å². The first-order valence-electron chi connectivity index (χ1n) is 9.20. The number of carbonyl (C=O) groups is 1. The Bertz CT molecular complexity index is 1080. The zero-order chi connectivity index (χ0) is 20.4. The summed E-state index contributed by atoms with van der Waals surface area (Å²) in [4.78, 5) is 21.3. The number of carbonyl (C=O) groups excluding carboxylic acids is 1. The van der Waals surface area contributed by atoms with Crippen LogP contribution in [-0.4, -0.2) is 30.6 Å². The van der Waals surface area contributed by atoms with Gasteiger partial charge in [-0.1, -0.05) is 41.4 Å². The number of aliphatic imine (C=N–C) groups is 1. The van der Waals surface area contributed by atoms with Crippen LogP contribution in [0.1, 0.15) is 26.4 Å². The Kier molecular flexibility index (Phi) is 6.01. The van der Waals surface area contributed by atoms with Crippen LogP contribution in [0, 0.1) is 0 Å². The van der Waals surface area contributed by atoms with E-state index in [0.29, 0.717) is 26.3 Å². The van der Waals surface area contributed by atoms with Crippen LogP contribution in [-0.2, 0) is 13.0 Å². The zero-order valence-corrected chi connectivity index (χ0v) is 18.1. The van der Waals surface area contributed by atoms with Crippen LogP contribution < -0.4 is 5.32 Å². The number of thiophene rings is 1. The number of nitrogens with one attached hydrogen (secondary N) is 1. The highest BCUT2D eigenvalue weighted by Crippen LogP contribution is 2.39. The summed E-state index contributed by atoms with van der Waals surface area (Å²) in [7, 11) is 2.09. The van der Waals surface area contributed by atoms with E-state index in [-0.39, 0.29) is 5.91 Å². The van der Waals surface area contributed by atoms with E-state index < -0.39 is 0 Å². The van der Waals surface area contributed by atoms with E-state index in [4.69, 9.17) is 23.2 Å². The summed E-state index contributed by atoms with van der Waals surface area (Å²) in [6.07, 6.45) is 2.55. The van der Waals surface area contributed by atoms with Gasteiger partial charge in [0, 0.05) is 45.5 Å². The monoisotopic (exact) mass is 443 g/mol. The molecule has 148 valence electrons. The molecule has 0 fully saturated rings. The van der Waals surface area contributed by atoms with E-state index in [2.05, 4.69) is 22.3 Å². The Morgan fingerprint density at radius 3 is 2.69 bits per heavy atom. The van der Waals surface area contributed by atoms with Crippen LogP contribution >= 0.6 is 34.5 Å². The standard InChI is InChI=1S/C22H19Cl2N3OS/c1-27-11-10-17-19(13-27)29-22(25-12-14-4-2-3-5-18(14)24)20(17)21(28)26-16-8-6-15(23)7-9-16/h2-9,12H,10-11,13H2,1H3,(H,26,28). The van der Waals surface area contributed by atoms with Crippen molar-refractivity contribution in [3.8, 4) is 0 Å². The van der Waals surface area contributed by atoms with Crippen LogP contribution in [0.4, 0.5) is 10.7 Å². The van der Waals surface area contributed by atoms with Crippen molar-refractivity contribution in [3.05, 3.63) is 80.1 Å². The molecule has 1 aromatic heterocycles. The third-order valence-corrected chi connectivity index (χ3v) is 6.51. The second kappa shape index (κ2) is 8.67. The fraction of sp³-hybridized carbons (Fsp3) is 0.182. The van der Waals surface area contributed by atoms with Crippen molar-refractivity contribution >= 4 is 57.3 Å². The van der Waals surface area contributed by atoms with Gasteiger partial charge in [0.25, 0.3) is 5.91 Å². The molecule has 1 amide bonds. The molecule has 0 saturated heterocycles. The molecule has 0 unspecified atom stereocenters. The summed E-state index contributed by atoms with van der Waals surface area (Å²) in [5.41, 5.74) is 3.26. The normalized spacial score (nSPS) is 14.2. The van der Waals surface area contributed by atoms with Crippen molar-refractivity contribution in [2.24, 2.45) is 4.99 Å². The minimum atomic E-state index is -0.152. The SMILES string of the molecule is CN1CCc2c(sc(N=Cc3ccccc3Cl)c2C(=O)Nc2ccc(Cl)cc2)C1. The van der Waals surface area contributed by atoms with Crippen molar-refractivity contribution in [3.63, 3.8) is 0 Å². The topological polar surface area (TPSA) is 44.7 Å². The fourth-order valence-electron chi connectivity index (χ4n) is 3.28. The number of anilines is 1. The molecule has 0 spiro atoms. The first-order chi connectivity index (χ1) is 14.0. The number of amides is 1. The third kappa shape index (κ3) is 4.54. The highest BCUT2D eigenvalue weighted by Gasteiger charge is 2.27. The molecule has 4 nitrogen and oxygen atoms in total. The van der Waals surface area contributed by atoms with E-state index in [9.17, 15) is 4.79 Å². The number of hydrogen-bond donors (Lipinski definition) is 1. The fourth-order valence-corrected chi connectivity index (χ4v) is 4.86. The quantitative estimate of drug-likeness (QED) is 0.499. The van der Waals surface area contributed by atoms with Crippen molar-refractivity contribution in [2.45, 2.75) is 13.0 Å². The number of benzene rings is 2. The molecule has 3 aromatic rings. The van der Waals surface area contributed by atoms with Gasteiger partial charge in [-0.3, -0.25) is 4.79 Å². The lowest BCUT2D eigenvalue weighted by Crippen LogP contribution is -2.26. The molecule has 1 aliphatic rings. The first kappa shape index (κ1) is 20.1. The van der Waals surface area contributed by atoms with Crippen LogP contribution in [0.2, 0.25) is 10.0 Å². The average molecular weight is 444 g/mol. The zero-order valence-electron chi connectivity index (χ0n) is 15.8. The molecular weight excluding hydrogens is 425 g/mol. The molecule has 2 heterocycles. The Hall–Kier alpha value is -2.18. The maximum absolute atomic E-state index is 13.2. The van der Waals surface area contributed by atoms with Gasteiger partial charge in [-0.2, -0.15) is 0 Å². The van der Waals surface area contributed by atoms with E-state index in [0.717, 1.165) is 30.6 Å². The minimum absolute atomic E-state index is 0.152. The van der Waals surface area contributed by atoms with Gasteiger partial charge in [0.15, 0.2) is 0 Å². The minimum Gasteiger partial charge on any atom is -0.322 e. The number of likely N-dealkylation sites (N-methyl/N-ethyl adjacent to an activating group) is 1. The van der Waals surface area contributed by atoms with Crippen LogP contribution in [0.15, 0.2) is 53.5 Å². The molecule has 7 heteroatoms. The van der Waals surface area contributed by atoms with Gasteiger partial charge in [0.05, 0.1) is 5.56 Å². The van der Waals surface area contributed by atoms with Gasteiger partial charge < -0.3 is 10.2 Å². The van der Waals surface area contributed by atoms with E-state index in [1.54, 1.807) is 41.8 Å². The lowest BCUT2D eigenvalue weighted by molar-refractivity contribution is 0.102. The molecular formula is C22H19Cl2N3OS. The Morgan fingerprint density at radius 1 is 1.17 bits per heavy atom. The molecule has 0 radical (unpaired) electrons. The number of nitrogens with zero attached hydrogens (tertiary/aromatic N) is 2. The average Bonchev–Trinajstić information content (AvgIpc) is 3.06. The maximum atomic E-state index is 13.2. The second-order valence-corrected chi connectivity index (χ2v) is 8.84. The van der Waals surface area contributed by atoms with Crippen LogP contribution in [0.25, 0.3) is 0 Å². The third-order valence-electron chi connectivity index (χ3n) is 4.78. The summed E-state index contributed by atoms with van der Waals surface area (Å²) < 4.78 is 0. The second-order valence-electron chi connectivity index (χ2n) is 6.91. The molecule has 4 rings (SSSR count). The van der Waals surface area contributed by atoms with Crippen molar-refractivity contribution < 1.29 is 4.79 Å². The summed E-state index contributed by atoms with van der Waals surface area (Å²) in [5, 5.41) is 4.94. The number of fused-ring (bicyclic) bond motifs is 1. The molecule has 0 bridgehead atoms. The molecule has 1 aliphatic heterocycles. The summed E-state index contributed by atoms with van der Waals surface area (Å²) in [6.45, 7) is 1.74. The molecule has 1 N–H and O–H groups in total. The largest absolute Gasteiger partial charge is 0.322 e. The van der Waals surface area contributed by atoms with E-state index in [1.165, 1.54) is 4.88 Å². The van der Waals surface area contributed by atoms with Crippen LogP contribution in [0.5, 0.6) is 0 Å². The highest BCUT2D eigenvalue weighted by atomic mass is 35.5. The molecule has 2 aromatic carbocycles. The van der Waals surface area contributed by atoms with Crippen molar-refractivity contribution in [2.75, 3.05) is 18.9 Å².